The van der Waals surface area contributed by atoms with Gasteiger partial charge in [0.1, 0.15) is 68.3 Å². The molecular formula is C66H72N12O19P2S2. The van der Waals surface area contributed by atoms with Gasteiger partial charge in [-0.25, -0.2) is 19.9 Å². The standard InChI is InChI=1S/C66H72N12O19P2S2/c79-44(29-68-51(81)24-25-55(85)76-30-42-14-5-4-12-40(42)18-19-41-13-7-9-17-47(41)76)20-22-53(83)74-46(28-39-10-2-1-3-11-39)48(80)21-23-52(82)73-38-91-34-54(84)67-26-27-75-36-72-63-57(64(75)88)71-37-78(63)66-61-58(86)49(94-66)32-92-98(89,100)96-60-50(33-93-99(90,101)97-61)95-65(59(60)87)77-31-43-15-6-8-16-45-56(43)62(77)70-35-69-45/h1-5,7,9-14,17,31,35-37,46,49-50,58-61,65-66,86-87H,6,8,15-16,20-30,32-34,38H2,(H,67,84)(H,68,81)(H,73,82)(H,74,83)(H,89,100)(H,90,101)/t46-,49+,50+,58+,59+,60+,61+,65+,66+,98?,99?/m0/s1. The Bertz CT molecular complexity index is 4530. The molecule has 3 saturated heterocycles. The van der Waals surface area contributed by atoms with Crippen LogP contribution in [0.3, 0.4) is 0 Å². The van der Waals surface area contributed by atoms with E-state index in [1.807, 2.05) is 48.7 Å². The van der Waals surface area contributed by atoms with Crippen LogP contribution < -0.4 is 31.7 Å². The molecule has 11 atom stereocenters. The van der Waals surface area contributed by atoms with Crippen LogP contribution in [0.4, 0.5) is 5.69 Å². The zero-order chi connectivity index (χ0) is 71.0. The normalized spacial score (nSPS) is 24.3. The number of Topliss-reactive ketones (excluding diaryl/α,β-unsaturated/α-hetero) is 2. The molecule has 12 rings (SSSR count). The number of nitrogens with zero attached hydrogens (tertiary/aromatic N) is 8. The van der Waals surface area contributed by atoms with Crippen molar-refractivity contribution in [2.75, 3.05) is 44.5 Å². The lowest BCUT2D eigenvalue weighted by molar-refractivity contribution is -0.131. The third kappa shape index (κ3) is 17.6. The van der Waals surface area contributed by atoms with Crippen molar-refractivity contribution in [3.05, 3.63) is 148 Å². The van der Waals surface area contributed by atoms with Crippen molar-refractivity contribution < 1.29 is 85.9 Å². The highest BCUT2D eigenvalue weighted by molar-refractivity contribution is 8.07. The van der Waals surface area contributed by atoms with E-state index >= 15 is 0 Å². The number of imidazole rings is 1. The van der Waals surface area contributed by atoms with Gasteiger partial charge in [-0.05, 0) is 90.6 Å². The summed E-state index contributed by atoms with van der Waals surface area (Å²) in [5.74, 6) is 2.78. The van der Waals surface area contributed by atoms with E-state index in [2.05, 4.69) is 53.0 Å². The number of ketones is 2. The number of carbonyl (C=O) groups is 7. The molecule has 4 aliphatic heterocycles. The van der Waals surface area contributed by atoms with Gasteiger partial charge in [0.2, 0.25) is 29.5 Å². The Morgan fingerprint density at radius 2 is 1.37 bits per heavy atom. The first-order chi connectivity index (χ1) is 48.7. The number of hydrogen-bond acceptors (Lipinski definition) is 23. The summed E-state index contributed by atoms with van der Waals surface area (Å²) in [5.41, 5.74) is 5.20. The lowest BCUT2D eigenvalue weighted by Gasteiger charge is -2.28. The number of aromatic nitrogens is 7. The molecule has 0 saturated carbocycles. The minimum Gasteiger partial charge on any atom is -0.387 e. The van der Waals surface area contributed by atoms with Gasteiger partial charge in [0.25, 0.3) is 5.56 Å². The van der Waals surface area contributed by atoms with Crippen LogP contribution in [0.15, 0.2) is 109 Å². The minimum absolute atomic E-state index is 0.0440. The van der Waals surface area contributed by atoms with Crippen LogP contribution in [-0.4, -0.2) is 177 Å². The molecule has 532 valence electrons. The zero-order valence-corrected chi connectivity index (χ0v) is 57.6. The molecule has 35 heteroatoms. The van der Waals surface area contributed by atoms with Crippen molar-refractivity contribution >= 4 is 106 Å². The van der Waals surface area contributed by atoms with Crippen molar-refractivity contribution in [2.45, 2.75) is 139 Å². The van der Waals surface area contributed by atoms with Gasteiger partial charge in [-0.15, -0.1) is 0 Å². The number of benzene rings is 3. The van der Waals surface area contributed by atoms with E-state index < -0.39 is 136 Å². The van der Waals surface area contributed by atoms with Gasteiger partial charge in [0.05, 0.1) is 50.1 Å². The van der Waals surface area contributed by atoms with Crippen molar-refractivity contribution in [3.8, 4) is 11.8 Å². The van der Waals surface area contributed by atoms with Crippen molar-refractivity contribution in [2.24, 2.45) is 0 Å². The van der Waals surface area contributed by atoms with E-state index in [1.54, 1.807) is 45.9 Å². The van der Waals surface area contributed by atoms with E-state index in [0.717, 1.165) is 59.0 Å². The minimum atomic E-state index is -4.36. The fraction of sp³-hybridized carbons (Fsp3) is 0.424. The molecule has 2 unspecified atom stereocenters. The number of carbonyl (C=O) groups excluding carboxylic acids is 7. The van der Waals surface area contributed by atoms with Crippen molar-refractivity contribution in [1.29, 1.82) is 0 Å². The van der Waals surface area contributed by atoms with Crippen molar-refractivity contribution in [3.63, 3.8) is 0 Å². The Morgan fingerprint density at radius 3 is 2.18 bits per heavy atom. The third-order valence-electron chi connectivity index (χ3n) is 17.6. The monoisotopic (exact) mass is 1460 g/mol. The molecule has 31 nitrogen and oxygen atoms in total. The fourth-order valence-corrected chi connectivity index (χ4v) is 15.4. The quantitative estimate of drug-likeness (QED) is 0.0186. The molecule has 101 heavy (non-hydrogen) atoms. The number of fused-ring (bicyclic) bond motifs is 6. The molecule has 4 aromatic heterocycles. The predicted molar refractivity (Wildman–Crippen MR) is 365 cm³/mol. The van der Waals surface area contributed by atoms with Crippen molar-refractivity contribution in [1.82, 2.24) is 54.9 Å². The van der Waals surface area contributed by atoms with E-state index in [-0.39, 0.29) is 88.2 Å². The number of aliphatic hydroxyl groups excluding tert-OH is 2. The molecule has 8 heterocycles. The van der Waals surface area contributed by atoms with E-state index in [4.69, 9.17) is 55.9 Å². The summed E-state index contributed by atoms with van der Waals surface area (Å²) in [6.07, 6.45) is -3.42. The van der Waals surface area contributed by atoms with Crippen LogP contribution in [0.2, 0.25) is 0 Å². The topological polar surface area (TPSA) is 400 Å². The second kappa shape index (κ2) is 32.4. The summed E-state index contributed by atoms with van der Waals surface area (Å²) in [5, 5.41) is 34.6. The number of rotatable bonds is 24. The third-order valence-corrected chi connectivity index (χ3v) is 20.8. The van der Waals surface area contributed by atoms with Gasteiger partial charge < -0.3 is 74.0 Å². The highest BCUT2D eigenvalue weighted by atomic mass is 32.5. The number of aryl methyl sites for hydroxylation is 2. The number of anilines is 1. The highest BCUT2D eigenvalue weighted by Crippen LogP contribution is 2.54. The van der Waals surface area contributed by atoms with Crippen LogP contribution >= 0.6 is 13.4 Å². The summed E-state index contributed by atoms with van der Waals surface area (Å²) in [6.45, 7) is -11.0. The molecule has 0 radical (unpaired) electrons. The molecular weight excluding hydrogens is 1390 g/mol. The highest BCUT2D eigenvalue weighted by Gasteiger charge is 2.53. The number of amides is 5. The Balaban J connectivity index is 0.570. The van der Waals surface area contributed by atoms with Gasteiger partial charge >= 0.3 is 13.4 Å². The first kappa shape index (κ1) is 72.5. The largest absolute Gasteiger partial charge is 0.387 e. The van der Waals surface area contributed by atoms with Crippen LogP contribution in [-0.2, 0) is 122 Å². The maximum absolute atomic E-state index is 13.8. The molecule has 3 aromatic carbocycles. The molecule has 5 aliphatic rings. The molecule has 3 fully saturated rings. The second-order valence-electron chi connectivity index (χ2n) is 24.6. The zero-order valence-electron chi connectivity index (χ0n) is 54.1. The summed E-state index contributed by atoms with van der Waals surface area (Å²) in [7, 11) is 0. The van der Waals surface area contributed by atoms with Crippen LogP contribution in [0.5, 0.6) is 0 Å². The fourth-order valence-electron chi connectivity index (χ4n) is 12.5. The SMILES string of the molecule is O=C(CCC(=O)N[C@@H](Cc1ccccc1)C(=O)CCC(=O)NCOCC(=O)NCCn1cnc2c(ncn2[C@@H]2O[C@@H]3COP(O)(=S)O[C@H]4[C@@H](O)[C@H](n5cc6c7c(ncnc75)CCCC6)O[C@@H]4COP(O)(=S)O[C@@H]2[C@@H]3O)c1=O)CNC(=O)CCC(=O)N1Cc2ccccc2C#Cc2ccccc21. The molecule has 7 aromatic rings. The van der Waals surface area contributed by atoms with Gasteiger partial charge in [-0.1, -0.05) is 72.5 Å². The Labute approximate surface area is 587 Å². The number of hydrogen-bond donors (Lipinski definition) is 8. The molecule has 8 N–H and O–H groups in total. The Morgan fingerprint density at radius 1 is 0.673 bits per heavy atom. The van der Waals surface area contributed by atoms with Crippen LogP contribution in [0, 0.1) is 11.8 Å². The first-order valence-electron chi connectivity index (χ1n) is 32.6. The summed E-state index contributed by atoms with van der Waals surface area (Å²) < 4.78 is 45.3. The van der Waals surface area contributed by atoms with E-state index in [1.165, 1.54) is 28.1 Å². The predicted octanol–water partition coefficient (Wildman–Crippen LogP) is 2.16. The smallest absolute Gasteiger partial charge is 0.325 e. The summed E-state index contributed by atoms with van der Waals surface area (Å²) in [4.78, 5) is 148. The number of para-hydroxylation sites is 1. The number of aliphatic hydroxyl groups is 2. The first-order valence-corrected chi connectivity index (χ1v) is 37.8. The van der Waals surface area contributed by atoms with Gasteiger partial charge in [-0.3, -0.25) is 56.5 Å². The van der Waals surface area contributed by atoms with Crippen LogP contribution in [0.25, 0.3) is 22.2 Å². The van der Waals surface area contributed by atoms with Gasteiger partial charge in [0, 0.05) is 74.3 Å². The maximum Gasteiger partial charge on any atom is 0.325 e. The van der Waals surface area contributed by atoms with E-state index in [9.17, 15) is 58.4 Å². The van der Waals surface area contributed by atoms with Gasteiger partial charge in [0.15, 0.2) is 35.2 Å². The lowest BCUT2D eigenvalue weighted by Crippen LogP contribution is -2.43. The lowest BCUT2D eigenvalue weighted by atomic mass is 9.99. The Hall–Kier alpha value is -8.26. The summed E-state index contributed by atoms with van der Waals surface area (Å²) >= 11 is 10.9. The Kier molecular flexibility index (Phi) is 23.2. The molecule has 2 bridgehead atoms. The number of nitrogens with one attached hydrogen (secondary N) is 4. The maximum atomic E-state index is 13.8. The summed E-state index contributed by atoms with van der Waals surface area (Å²) in [6, 6.07) is 22.6. The van der Waals surface area contributed by atoms with E-state index in [0.29, 0.717) is 16.9 Å². The molecule has 5 amide bonds. The number of ether oxygens (including phenoxy) is 3. The van der Waals surface area contributed by atoms with Crippen LogP contribution in [0.1, 0.15) is 97.3 Å². The molecule has 1 aliphatic carbocycles. The van der Waals surface area contributed by atoms with Gasteiger partial charge in [-0.2, -0.15) is 0 Å². The average molecular weight is 1460 g/mol. The second-order valence-corrected chi connectivity index (χ2v) is 30.2. The average Bonchev–Trinajstić information content (AvgIpc) is 1.61. The molecule has 0 spiro atoms.